The van der Waals surface area contributed by atoms with Crippen LogP contribution in [-0.2, 0) is 23.9 Å². The minimum Gasteiger partial charge on any atom is -0.468 e. The van der Waals surface area contributed by atoms with Gasteiger partial charge in [-0.15, -0.1) is 0 Å². The highest BCUT2D eigenvalue weighted by Crippen LogP contribution is 2.29. The highest BCUT2D eigenvalue weighted by atomic mass is 16.6. The van der Waals surface area contributed by atoms with E-state index in [1.165, 1.54) is 7.11 Å². The first-order chi connectivity index (χ1) is 18.8. The van der Waals surface area contributed by atoms with Crippen LogP contribution in [0.3, 0.4) is 0 Å². The summed E-state index contributed by atoms with van der Waals surface area (Å²) in [6, 6.07) is 3.73. The molecule has 3 unspecified atom stereocenters. The van der Waals surface area contributed by atoms with Gasteiger partial charge in [0.1, 0.15) is 24.2 Å². The largest absolute Gasteiger partial charge is 0.468 e. The van der Waals surface area contributed by atoms with Crippen molar-refractivity contribution in [3.05, 3.63) is 34.9 Å². The van der Waals surface area contributed by atoms with Crippen LogP contribution in [0.15, 0.2) is 18.2 Å². The van der Waals surface area contributed by atoms with E-state index in [1.54, 1.807) is 25.7 Å². The van der Waals surface area contributed by atoms with Gasteiger partial charge < -0.3 is 25.0 Å². The Balaban J connectivity index is 3.59. The second-order valence-electron chi connectivity index (χ2n) is 11.4. The third kappa shape index (κ3) is 11.2. The number of unbranched alkanes of at least 4 members (excludes halogenated alkanes) is 4. The maximum absolute atomic E-state index is 14.4. The molecule has 9 nitrogen and oxygen atoms in total. The molecular formula is C31H51N3O6. The van der Waals surface area contributed by atoms with Crippen LogP contribution in [0.1, 0.15) is 103 Å². The minimum absolute atomic E-state index is 0.222. The number of nitrogens with one attached hydrogen (secondary N) is 2. The van der Waals surface area contributed by atoms with Crippen LogP contribution in [0, 0.1) is 19.8 Å². The summed E-state index contributed by atoms with van der Waals surface area (Å²) in [5.74, 6) is -1.66. The van der Waals surface area contributed by atoms with E-state index in [-0.39, 0.29) is 18.4 Å². The van der Waals surface area contributed by atoms with E-state index in [0.29, 0.717) is 24.9 Å². The number of hydrogen-bond donors (Lipinski definition) is 2. The molecule has 0 saturated carbocycles. The minimum atomic E-state index is -1.00. The molecule has 0 radical (unpaired) electrons. The zero-order valence-electron chi connectivity index (χ0n) is 26.0. The van der Waals surface area contributed by atoms with Gasteiger partial charge in [-0.25, -0.2) is 4.79 Å². The standard InChI is InChI=1S/C31H51N3O6/c1-10-12-13-14-15-19-34(29(37)26(21(3)11-2)33-30(38)40-31(6,7)8)27(28(36)32-20-25(35)39-9)24-18-16-17-22(4)23(24)5/h16-18,21,26-27H,10-15,19-20H2,1-9H3,(H,32,36)(H,33,38). The molecule has 1 aromatic rings. The molecule has 0 aliphatic rings. The van der Waals surface area contributed by atoms with Crippen LogP contribution >= 0.6 is 0 Å². The summed E-state index contributed by atoms with van der Waals surface area (Å²) in [6.07, 6.45) is 4.72. The van der Waals surface area contributed by atoms with E-state index in [9.17, 15) is 19.2 Å². The first-order valence-electron chi connectivity index (χ1n) is 14.5. The number of methoxy groups -OCH3 is 1. The highest BCUT2D eigenvalue weighted by Gasteiger charge is 2.38. The number of amides is 3. The van der Waals surface area contributed by atoms with E-state index >= 15 is 0 Å². The fourth-order valence-electron chi connectivity index (χ4n) is 4.40. The second kappa shape index (κ2) is 16.9. The van der Waals surface area contributed by atoms with Crippen molar-refractivity contribution in [2.45, 2.75) is 112 Å². The fraction of sp³-hybridized carbons (Fsp3) is 0.677. The number of nitrogens with zero attached hydrogens (tertiary/aromatic N) is 1. The Labute approximate surface area is 240 Å². The Morgan fingerprint density at radius 2 is 1.65 bits per heavy atom. The van der Waals surface area contributed by atoms with Crippen LogP contribution in [0.5, 0.6) is 0 Å². The smallest absolute Gasteiger partial charge is 0.408 e. The molecule has 0 saturated heterocycles. The number of hydrogen-bond acceptors (Lipinski definition) is 6. The number of carbonyl (C=O) groups excluding carboxylic acids is 4. The van der Waals surface area contributed by atoms with Gasteiger partial charge in [-0.05, 0) is 63.6 Å². The Kier molecular flexibility index (Phi) is 14.7. The van der Waals surface area contributed by atoms with Crippen molar-refractivity contribution < 1.29 is 28.7 Å². The lowest BCUT2D eigenvalue weighted by Crippen LogP contribution is -2.55. The molecule has 3 atom stereocenters. The molecule has 0 spiro atoms. The average molecular weight is 562 g/mol. The van der Waals surface area contributed by atoms with Crippen LogP contribution in [0.4, 0.5) is 4.79 Å². The summed E-state index contributed by atoms with van der Waals surface area (Å²) in [5.41, 5.74) is 1.79. The zero-order valence-corrected chi connectivity index (χ0v) is 26.0. The van der Waals surface area contributed by atoms with Crippen molar-refractivity contribution in [2.75, 3.05) is 20.2 Å². The topological polar surface area (TPSA) is 114 Å². The Morgan fingerprint density at radius 3 is 2.23 bits per heavy atom. The lowest BCUT2D eigenvalue weighted by atomic mass is 9.92. The Bertz CT molecular complexity index is 988. The van der Waals surface area contributed by atoms with Crippen LogP contribution in [0.2, 0.25) is 0 Å². The first-order valence-corrected chi connectivity index (χ1v) is 14.5. The van der Waals surface area contributed by atoms with Gasteiger partial charge in [0.25, 0.3) is 0 Å². The van der Waals surface area contributed by atoms with Crippen molar-refractivity contribution in [2.24, 2.45) is 5.92 Å². The molecule has 226 valence electrons. The van der Waals surface area contributed by atoms with E-state index in [4.69, 9.17) is 9.47 Å². The van der Waals surface area contributed by atoms with Crippen molar-refractivity contribution in [1.82, 2.24) is 15.5 Å². The van der Waals surface area contributed by atoms with Gasteiger partial charge in [0, 0.05) is 6.54 Å². The molecule has 0 fully saturated rings. The lowest BCUT2D eigenvalue weighted by Gasteiger charge is -2.36. The number of aryl methyl sites for hydroxylation is 1. The molecule has 9 heteroatoms. The third-order valence-corrected chi connectivity index (χ3v) is 7.07. The van der Waals surface area contributed by atoms with E-state index in [0.717, 1.165) is 36.8 Å². The molecule has 0 heterocycles. The molecule has 0 aliphatic heterocycles. The zero-order chi connectivity index (χ0) is 30.5. The predicted molar refractivity (Wildman–Crippen MR) is 157 cm³/mol. The summed E-state index contributed by atoms with van der Waals surface area (Å²) >= 11 is 0. The fourth-order valence-corrected chi connectivity index (χ4v) is 4.40. The van der Waals surface area contributed by atoms with Gasteiger partial charge in [0.15, 0.2) is 0 Å². The normalized spacial score (nSPS) is 13.5. The summed E-state index contributed by atoms with van der Waals surface area (Å²) in [5, 5.41) is 5.45. The number of ether oxygens (including phenoxy) is 2. The summed E-state index contributed by atoms with van der Waals surface area (Å²) in [7, 11) is 1.25. The third-order valence-electron chi connectivity index (χ3n) is 7.07. The average Bonchev–Trinajstić information content (AvgIpc) is 2.89. The predicted octanol–water partition coefficient (Wildman–Crippen LogP) is 5.37. The van der Waals surface area contributed by atoms with Crippen LogP contribution in [-0.4, -0.2) is 60.6 Å². The SMILES string of the molecule is CCCCCCCN(C(=O)C(NC(=O)OC(C)(C)C)C(C)CC)C(C(=O)NCC(=O)OC)c1cccc(C)c1C. The van der Waals surface area contributed by atoms with Crippen LogP contribution in [0.25, 0.3) is 0 Å². The van der Waals surface area contributed by atoms with Crippen LogP contribution < -0.4 is 10.6 Å². The van der Waals surface area contributed by atoms with Gasteiger partial charge in [0.05, 0.1) is 7.11 Å². The van der Waals surface area contributed by atoms with E-state index in [2.05, 4.69) is 17.6 Å². The van der Waals surface area contributed by atoms with Crippen molar-refractivity contribution in [3.63, 3.8) is 0 Å². The quantitative estimate of drug-likeness (QED) is 0.220. The van der Waals surface area contributed by atoms with E-state index in [1.807, 2.05) is 45.9 Å². The summed E-state index contributed by atoms with van der Waals surface area (Å²) < 4.78 is 10.2. The Morgan fingerprint density at radius 1 is 1.00 bits per heavy atom. The number of rotatable bonds is 15. The second-order valence-corrected chi connectivity index (χ2v) is 11.4. The number of carbonyl (C=O) groups is 4. The number of alkyl carbamates (subject to hydrolysis) is 1. The van der Waals surface area contributed by atoms with Crippen molar-refractivity contribution in [3.8, 4) is 0 Å². The molecule has 1 rings (SSSR count). The Hall–Kier alpha value is -3.10. The molecule has 3 amide bonds. The molecule has 2 N–H and O–H groups in total. The monoisotopic (exact) mass is 561 g/mol. The van der Waals surface area contributed by atoms with Gasteiger partial charge in [-0.2, -0.15) is 0 Å². The molecule has 1 aromatic carbocycles. The molecule has 0 aliphatic carbocycles. The highest BCUT2D eigenvalue weighted by molar-refractivity contribution is 5.93. The summed E-state index contributed by atoms with van der Waals surface area (Å²) in [6.45, 7) is 15.1. The van der Waals surface area contributed by atoms with Gasteiger partial charge in [-0.3, -0.25) is 14.4 Å². The van der Waals surface area contributed by atoms with Gasteiger partial charge in [0.2, 0.25) is 11.8 Å². The summed E-state index contributed by atoms with van der Waals surface area (Å²) in [4.78, 5) is 54.3. The molecule has 40 heavy (non-hydrogen) atoms. The molecule has 0 aromatic heterocycles. The van der Waals surface area contributed by atoms with Crippen molar-refractivity contribution in [1.29, 1.82) is 0 Å². The van der Waals surface area contributed by atoms with Gasteiger partial charge >= 0.3 is 12.1 Å². The first kappa shape index (κ1) is 34.9. The maximum Gasteiger partial charge on any atom is 0.408 e. The van der Waals surface area contributed by atoms with Crippen molar-refractivity contribution >= 4 is 23.9 Å². The maximum atomic E-state index is 14.4. The number of benzene rings is 1. The molecular weight excluding hydrogens is 510 g/mol. The lowest BCUT2D eigenvalue weighted by molar-refractivity contribution is -0.145. The molecule has 0 bridgehead atoms. The number of esters is 1. The van der Waals surface area contributed by atoms with E-state index < -0.39 is 35.7 Å². The van der Waals surface area contributed by atoms with Gasteiger partial charge in [-0.1, -0.05) is 71.1 Å².